The van der Waals surface area contributed by atoms with Gasteiger partial charge in [0, 0.05) is 48.8 Å². The van der Waals surface area contributed by atoms with E-state index in [1.807, 2.05) is 30.9 Å². The average Bonchev–Trinajstić information content (AvgIpc) is 3.08. The van der Waals surface area contributed by atoms with Gasteiger partial charge in [0.25, 0.3) is 5.56 Å². The number of piperidine rings is 1. The molecule has 27 heavy (non-hydrogen) atoms. The van der Waals surface area contributed by atoms with Gasteiger partial charge in [-0.15, -0.1) is 0 Å². The van der Waals surface area contributed by atoms with Gasteiger partial charge in [-0.3, -0.25) is 9.59 Å². The number of pyridine rings is 1. The van der Waals surface area contributed by atoms with E-state index in [4.69, 9.17) is 9.47 Å². The summed E-state index contributed by atoms with van der Waals surface area (Å²) in [4.78, 5) is 29.8. The van der Waals surface area contributed by atoms with E-state index in [-0.39, 0.29) is 11.5 Å². The van der Waals surface area contributed by atoms with Crippen molar-refractivity contribution in [2.75, 3.05) is 26.3 Å². The van der Waals surface area contributed by atoms with Crippen LogP contribution in [0.4, 0.5) is 0 Å². The van der Waals surface area contributed by atoms with Gasteiger partial charge in [0.2, 0.25) is 5.91 Å². The fraction of sp³-hybridized carbons (Fsp3) is 0.524. The molecule has 1 aromatic heterocycles. The molecule has 144 valence electrons. The SMILES string of the molecule is Cc1cc(C)c2cc(CCC(=O)N3CCC4(CC3)OCCO4)c(=O)[nH]c2c1. The molecule has 2 aliphatic rings. The van der Waals surface area contributed by atoms with Crippen LogP contribution in [0.15, 0.2) is 23.0 Å². The Morgan fingerprint density at radius 3 is 2.56 bits per heavy atom. The standard InChI is InChI=1S/C21H26N2O4/c1-14-11-15(2)17-13-16(20(25)22-18(17)12-14)3-4-19(24)23-7-5-21(6-8-23)26-9-10-27-21/h11-13H,3-10H2,1-2H3,(H,22,25). The number of carbonyl (C=O) groups excluding carboxylic acids is 1. The number of aromatic amines is 1. The maximum atomic E-state index is 12.6. The van der Waals surface area contributed by atoms with E-state index in [2.05, 4.69) is 11.1 Å². The lowest BCUT2D eigenvalue weighted by atomic mass is 10.0. The smallest absolute Gasteiger partial charge is 0.251 e. The lowest BCUT2D eigenvalue weighted by Crippen LogP contribution is -2.47. The van der Waals surface area contributed by atoms with Crippen molar-refractivity contribution in [1.82, 2.24) is 9.88 Å². The molecule has 4 rings (SSSR count). The Bertz CT molecular complexity index is 918. The van der Waals surface area contributed by atoms with Crippen molar-refractivity contribution in [3.63, 3.8) is 0 Å². The molecule has 6 nitrogen and oxygen atoms in total. The molecule has 0 atom stereocenters. The number of aryl methyl sites for hydroxylation is 3. The highest BCUT2D eigenvalue weighted by Gasteiger charge is 2.40. The lowest BCUT2D eigenvalue weighted by molar-refractivity contribution is -0.187. The van der Waals surface area contributed by atoms with Gasteiger partial charge < -0.3 is 19.4 Å². The zero-order valence-electron chi connectivity index (χ0n) is 16.0. The third-order valence-corrected chi connectivity index (χ3v) is 5.69. The highest BCUT2D eigenvalue weighted by molar-refractivity contribution is 5.83. The number of hydrogen-bond acceptors (Lipinski definition) is 4. The van der Waals surface area contributed by atoms with E-state index in [1.165, 1.54) is 0 Å². The molecule has 1 amide bonds. The van der Waals surface area contributed by atoms with Gasteiger partial charge in [-0.25, -0.2) is 0 Å². The van der Waals surface area contributed by atoms with Crippen LogP contribution in [0.3, 0.4) is 0 Å². The molecular formula is C21H26N2O4. The molecular weight excluding hydrogens is 344 g/mol. The van der Waals surface area contributed by atoms with Crippen LogP contribution in [0.2, 0.25) is 0 Å². The topological polar surface area (TPSA) is 71.6 Å². The third kappa shape index (κ3) is 3.64. The number of carbonyl (C=O) groups is 1. The summed E-state index contributed by atoms with van der Waals surface area (Å²) in [6.45, 7) is 6.62. The third-order valence-electron chi connectivity index (χ3n) is 5.69. The summed E-state index contributed by atoms with van der Waals surface area (Å²) in [6.07, 6.45) is 2.22. The monoisotopic (exact) mass is 370 g/mol. The Labute approximate surface area is 158 Å². The van der Waals surface area contributed by atoms with E-state index in [0.717, 1.165) is 22.0 Å². The Kier molecular flexibility index (Phi) is 4.78. The predicted molar refractivity (Wildman–Crippen MR) is 103 cm³/mol. The first-order valence-electron chi connectivity index (χ1n) is 9.65. The predicted octanol–water partition coefficient (Wildman–Crippen LogP) is 2.44. The zero-order chi connectivity index (χ0) is 19.0. The van der Waals surface area contributed by atoms with Crippen molar-refractivity contribution in [2.45, 2.75) is 45.3 Å². The molecule has 2 aliphatic heterocycles. The number of likely N-dealkylation sites (tertiary alicyclic amines) is 1. The fourth-order valence-corrected chi connectivity index (χ4v) is 4.18. The molecule has 0 unspecified atom stereocenters. The van der Waals surface area contributed by atoms with Crippen LogP contribution < -0.4 is 5.56 Å². The van der Waals surface area contributed by atoms with E-state index >= 15 is 0 Å². The van der Waals surface area contributed by atoms with Crippen LogP contribution in [0.25, 0.3) is 10.9 Å². The van der Waals surface area contributed by atoms with Crippen LogP contribution in [-0.4, -0.2) is 47.9 Å². The Balaban J connectivity index is 1.42. The normalized spacial score (nSPS) is 19.1. The van der Waals surface area contributed by atoms with Crippen molar-refractivity contribution < 1.29 is 14.3 Å². The van der Waals surface area contributed by atoms with Crippen molar-refractivity contribution >= 4 is 16.8 Å². The number of nitrogens with zero attached hydrogens (tertiary/aromatic N) is 1. The van der Waals surface area contributed by atoms with Crippen molar-refractivity contribution in [3.05, 3.63) is 45.2 Å². The minimum atomic E-state index is -0.470. The quantitative estimate of drug-likeness (QED) is 0.901. The minimum Gasteiger partial charge on any atom is -0.347 e. The molecule has 2 aromatic rings. The molecule has 0 aliphatic carbocycles. The molecule has 0 bridgehead atoms. The number of nitrogens with one attached hydrogen (secondary N) is 1. The molecule has 2 fully saturated rings. The van der Waals surface area contributed by atoms with Crippen LogP contribution in [0.5, 0.6) is 0 Å². The number of aromatic nitrogens is 1. The molecule has 1 spiro atoms. The summed E-state index contributed by atoms with van der Waals surface area (Å²) in [7, 11) is 0. The Hall–Kier alpha value is -2.18. The van der Waals surface area contributed by atoms with Crippen LogP contribution in [0, 0.1) is 13.8 Å². The average molecular weight is 370 g/mol. The second kappa shape index (κ2) is 7.09. The van der Waals surface area contributed by atoms with E-state index in [0.29, 0.717) is 57.6 Å². The van der Waals surface area contributed by atoms with Gasteiger partial charge in [0.15, 0.2) is 5.79 Å². The van der Waals surface area contributed by atoms with Gasteiger partial charge in [0.1, 0.15) is 0 Å². The number of benzene rings is 1. The van der Waals surface area contributed by atoms with E-state index in [9.17, 15) is 9.59 Å². The first-order chi connectivity index (χ1) is 13.0. The number of ether oxygens (including phenoxy) is 2. The summed E-state index contributed by atoms with van der Waals surface area (Å²) < 4.78 is 11.4. The maximum Gasteiger partial charge on any atom is 0.251 e. The fourth-order valence-electron chi connectivity index (χ4n) is 4.18. The van der Waals surface area contributed by atoms with Crippen LogP contribution in [-0.2, 0) is 20.7 Å². The van der Waals surface area contributed by atoms with Crippen LogP contribution in [0.1, 0.15) is 36.0 Å². The molecule has 6 heteroatoms. The molecule has 0 saturated carbocycles. The zero-order valence-corrected chi connectivity index (χ0v) is 16.0. The number of H-pyrrole nitrogens is 1. The highest BCUT2D eigenvalue weighted by Crippen LogP contribution is 2.31. The summed E-state index contributed by atoms with van der Waals surface area (Å²) in [5.41, 5.74) is 3.67. The molecule has 0 radical (unpaired) electrons. The summed E-state index contributed by atoms with van der Waals surface area (Å²) >= 11 is 0. The second-order valence-electron chi connectivity index (χ2n) is 7.66. The van der Waals surface area contributed by atoms with Gasteiger partial charge in [-0.05, 0) is 43.5 Å². The highest BCUT2D eigenvalue weighted by atomic mass is 16.7. The largest absolute Gasteiger partial charge is 0.347 e. The Morgan fingerprint density at radius 2 is 1.85 bits per heavy atom. The minimum absolute atomic E-state index is 0.0861. The van der Waals surface area contributed by atoms with Crippen molar-refractivity contribution in [2.24, 2.45) is 0 Å². The van der Waals surface area contributed by atoms with E-state index < -0.39 is 5.79 Å². The van der Waals surface area contributed by atoms with Gasteiger partial charge in [0.05, 0.1) is 13.2 Å². The van der Waals surface area contributed by atoms with Gasteiger partial charge in [-0.2, -0.15) is 0 Å². The maximum absolute atomic E-state index is 12.6. The first kappa shape index (κ1) is 18.2. The molecule has 2 saturated heterocycles. The van der Waals surface area contributed by atoms with Gasteiger partial charge in [-0.1, -0.05) is 6.07 Å². The molecule has 3 heterocycles. The van der Waals surface area contributed by atoms with Gasteiger partial charge >= 0.3 is 0 Å². The summed E-state index contributed by atoms with van der Waals surface area (Å²) in [6, 6.07) is 6.02. The number of amides is 1. The molecule has 1 N–H and O–H groups in total. The lowest BCUT2D eigenvalue weighted by Gasteiger charge is -2.37. The number of hydrogen-bond donors (Lipinski definition) is 1. The first-order valence-corrected chi connectivity index (χ1v) is 9.65. The van der Waals surface area contributed by atoms with Crippen molar-refractivity contribution in [3.8, 4) is 0 Å². The number of fused-ring (bicyclic) bond motifs is 1. The molecule has 1 aromatic carbocycles. The van der Waals surface area contributed by atoms with E-state index in [1.54, 1.807) is 0 Å². The van der Waals surface area contributed by atoms with Crippen molar-refractivity contribution in [1.29, 1.82) is 0 Å². The second-order valence-corrected chi connectivity index (χ2v) is 7.66. The number of rotatable bonds is 3. The Morgan fingerprint density at radius 1 is 1.15 bits per heavy atom. The van der Waals surface area contributed by atoms with Crippen LogP contribution >= 0.6 is 0 Å². The summed E-state index contributed by atoms with van der Waals surface area (Å²) in [5, 5.41) is 1.04. The summed E-state index contributed by atoms with van der Waals surface area (Å²) in [5.74, 6) is -0.384.